The zero-order valence-electron chi connectivity index (χ0n) is 16.7. The maximum atomic E-state index is 12.1. The molecule has 1 saturated heterocycles. The average molecular weight is 389 g/mol. The van der Waals surface area contributed by atoms with Crippen LogP contribution < -0.4 is 4.74 Å². The maximum Gasteiger partial charge on any atom is 0.162 e. The molecule has 29 heavy (non-hydrogen) atoms. The lowest BCUT2D eigenvalue weighted by atomic mass is 9.79. The summed E-state index contributed by atoms with van der Waals surface area (Å²) >= 11 is 0. The summed E-state index contributed by atoms with van der Waals surface area (Å²) in [5.74, 6) is 0.642. The first-order chi connectivity index (χ1) is 14.1. The molecule has 0 radical (unpaired) electrons. The van der Waals surface area contributed by atoms with Gasteiger partial charge in [0.05, 0.1) is 7.11 Å². The van der Waals surface area contributed by atoms with Crippen LogP contribution >= 0.6 is 0 Å². The number of methoxy groups -OCH3 is 1. The first-order valence-corrected chi connectivity index (χ1v) is 10.1. The second-order valence-electron chi connectivity index (χ2n) is 7.59. The molecular formula is C25H27NO3. The molecule has 3 aromatic carbocycles. The number of likely N-dealkylation sites (tertiary alicyclic amines) is 1. The standard InChI is InChI=1S/C25H27NO3/c1-29-22-15-8-10-19(24(22)27)18-26-17-9-16-23(26)25(28,20-11-4-2-5-12-20)21-13-6-3-7-14-21/h2-8,10-15,23,27-28H,9,16-18H2,1H3/t23-/m1/s1. The molecule has 1 aliphatic rings. The number of rotatable bonds is 6. The molecule has 0 aromatic heterocycles. The highest BCUT2D eigenvalue weighted by molar-refractivity contribution is 5.45. The first-order valence-electron chi connectivity index (χ1n) is 10.1. The van der Waals surface area contributed by atoms with Gasteiger partial charge in [-0.25, -0.2) is 0 Å². The number of hydrogen-bond donors (Lipinski definition) is 2. The molecule has 0 spiro atoms. The van der Waals surface area contributed by atoms with E-state index in [0.717, 1.165) is 36.1 Å². The van der Waals surface area contributed by atoms with Crippen LogP contribution in [0.15, 0.2) is 78.9 Å². The fraction of sp³-hybridized carbons (Fsp3) is 0.280. The Balaban J connectivity index is 1.73. The van der Waals surface area contributed by atoms with E-state index in [2.05, 4.69) is 4.90 Å². The number of aromatic hydroxyl groups is 1. The minimum absolute atomic E-state index is 0.0992. The van der Waals surface area contributed by atoms with Crippen molar-refractivity contribution >= 4 is 0 Å². The van der Waals surface area contributed by atoms with Gasteiger partial charge in [0.1, 0.15) is 5.60 Å². The first kappa shape index (κ1) is 19.5. The Hall–Kier alpha value is -2.82. The number of ether oxygens (including phenoxy) is 1. The van der Waals surface area contributed by atoms with Crippen molar-refractivity contribution in [2.75, 3.05) is 13.7 Å². The van der Waals surface area contributed by atoms with Gasteiger partial charge in [-0.2, -0.15) is 0 Å². The van der Waals surface area contributed by atoms with E-state index in [9.17, 15) is 10.2 Å². The van der Waals surface area contributed by atoms with Crippen molar-refractivity contribution in [3.63, 3.8) is 0 Å². The van der Waals surface area contributed by atoms with Gasteiger partial charge >= 0.3 is 0 Å². The van der Waals surface area contributed by atoms with E-state index in [4.69, 9.17) is 4.74 Å². The third-order valence-corrected chi connectivity index (χ3v) is 5.95. The van der Waals surface area contributed by atoms with Crippen LogP contribution in [0.25, 0.3) is 0 Å². The molecular weight excluding hydrogens is 362 g/mol. The number of nitrogens with zero attached hydrogens (tertiary/aromatic N) is 1. The van der Waals surface area contributed by atoms with Crippen molar-refractivity contribution in [2.24, 2.45) is 0 Å². The zero-order chi connectivity index (χ0) is 20.3. The van der Waals surface area contributed by atoms with Crippen molar-refractivity contribution in [1.82, 2.24) is 4.90 Å². The molecule has 4 nitrogen and oxygen atoms in total. The maximum absolute atomic E-state index is 12.1. The van der Waals surface area contributed by atoms with Crippen LogP contribution in [0.2, 0.25) is 0 Å². The smallest absolute Gasteiger partial charge is 0.162 e. The van der Waals surface area contributed by atoms with Crippen LogP contribution in [0.4, 0.5) is 0 Å². The third-order valence-electron chi connectivity index (χ3n) is 5.95. The Morgan fingerprint density at radius 3 is 2.14 bits per heavy atom. The van der Waals surface area contributed by atoms with Gasteiger partial charge in [-0.1, -0.05) is 72.8 Å². The Bertz CT molecular complexity index is 903. The van der Waals surface area contributed by atoms with Gasteiger partial charge in [-0.15, -0.1) is 0 Å². The van der Waals surface area contributed by atoms with Gasteiger partial charge < -0.3 is 14.9 Å². The molecule has 2 N–H and O–H groups in total. The highest BCUT2D eigenvalue weighted by Gasteiger charge is 2.45. The van der Waals surface area contributed by atoms with E-state index in [0.29, 0.717) is 12.3 Å². The van der Waals surface area contributed by atoms with Crippen LogP contribution in [0.1, 0.15) is 29.5 Å². The Kier molecular flexibility index (Phi) is 5.56. The quantitative estimate of drug-likeness (QED) is 0.660. The second kappa shape index (κ2) is 8.27. The molecule has 1 atom stereocenters. The van der Waals surface area contributed by atoms with Gasteiger partial charge in [0, 0.05) is 18.2 Å². The van der Waals surface area contributed by atoms with Gasteiger partial charge in [-0.3, -0.25) is 4.90 Å². The lowest BCUT2D eigenvalue weighted by molar-refractivity contribution is -0.00674. The van der Waals surface area contributed by atoms with Gasteiger partial charge in [0.15, 0.2) is 11.5 Å². The number of phenols is 1. The monoisotopic (exact) mass is 389 g/mol. The summed E-state index contributed by atoms with van der Waals surface area (Å²) in [6.45, 7) is 1.42. The summed E-state index contributed by atoms with van der Waals surface area (Å²) in [6, 6.07) is 25.2. The van der Waals surface area contributed by atoms with Crippen LogP contribution in [0.5, 0.6) is 11.5 Å². The van der Waals surface area contributed by atoms with Crippen molar-refractivity contribution in [3.05, 3.63) is 95.6 Å². The summed E-state index contributed by atoms with van der Waals surface area (Å²) in [4.78, 5) is 2.27. The lowest BCUT2D eigenvalue weighted by Gasteiger charge is -2.40. The Morgan fingerprint density at radius 2 is 1.55 bits per heavy atom. The Morgan fingerprint density at radius 1 is 0.931 bits per heavy atom. The van der Waals surface area contributed by atoms with Crippen LogP contribution in [0, 0.1) is 0 Å². The number of phenolic OH excluding ortho intramolecular Hbond substituents is 1. The molecule has 4 rings (SSSR count). The number of para-hydroxylation sites is 1. The molecule has 150 valence electrons. The summed E-state index contributed by atoms with van der Waals surface area (Å²) in [5, 5.41) is 22.7. The van der Waals surface area contributed by atoms with Crippen molar-refractivity contribution in [2.45, 2.75) is 31.0 Å². The van der Waals surface area contributed by atoms with E-state index < -0.39 is 5.60 Å². The molecule has 0 saturated carbocycles. The summed E-state index contributed by atoms with van der Waals surface area (Å²) in [5.41, 5.74) is 1.45. The van der Waals surface area contributed by atoms with Gasteiger partial charge in [-0.05, 0) is 36.6 Å². The zero-order valence-corrected chi connectivity index (χ0v) is 16.7. The van der Waals surface area contributed by atoms with E-state index in [1.807, 2.05) is 72.8 Å². The molecule has 1 fully saturated rings. The normalized spacial score (nSPS) is 17.4. The summed E-state index contributed by atoms with van der Waals surface area (Å²) in [7, 11) is 1.56. The van der Waals surface area contributed by atoms with Crippen LogP contribution in [-0.2, 0) is 12.1 Å². The van der Waals surface area contributed by atoms with Crippen molar-refractivity contribution < 1.29 is 14.9 Å². The molecule has 4 heteroatoms. The fourth-order valence-electron chi connectivity index (χ4n) is 4.50. The Labute approximate surface area is 172 Å². The fourth-order valence-corrected chi connectivity index (χ4v) is 4.50. The molecule has 1 aliphatic heterocycles. The molecule has 0 bridgehead atoms. The number of benzene rings is 3. The van der Waals surface area contributed by atoms with Gasteiger partial charge in [0.25, 0.3) is 0 Å². The minimum Gasteiger partial charge on any atom is -0.504 e. The highest BCUT2D eigenvalue weighted by Crippen LogP contribution is 2.41. The number of hydrogen-bond acceptors (Lipinski definition) is 4. The molecule has 0 amide bonds. The van der Waals surface area contributed by atoms with E-state index >= 15 is 0 Å². The van der Waals surface area contributed by atoms with E-state index in [1.165, 1.54) is 0 Å². The predicted molar refractivity (Wildman–Crippen MR) is 114 cm³/mol. The van der Waals surface area contributed by atoms with Crippen LogP contribution in [-0.4, -0.2) is 34.8 Å². The molecule has 3 aromatic rings. The average Bonchev–Trinajstić information content (AvgIpc) is 3.24. The topological polar surface area (TPSA) is 52.9 Å². The largest absolute Gasteiger partial charge is 0.504 e. The third kappa shape index (κ3) is 3.61. The number of aliphatic hydroxyl groups is 1. The molecule has 0 aliphatic carbocycles. The van der Waals surface area contributed by atoms with Crippen molar-refractivity contribution in [3.8, 4) is 11.5 Å². The van der Waals surface area contributed by atoms with E-state index in [1.54, 1.807) is 13.2 Å². The highest BCUT2D eigenvalue weighted by atomic mass is 16.5. The summed E-state index contributed by atoms with van der Waals surface area (Å²) in [6.07, 6.45) is 1.88. The molecule has 0 unspecified atom stereocenters. The van der Waals surface area contributed by atoms with Gasteiger partial charge in [0.2, 0.25) is 0 Å². The van der Waals surface area contributed by atoms with E-state index in [-0.39, 0.29) is 11.8 Å². The van der Waals surface area contributed by atoms with Crippen molar-refractivity contribution in [1.29, 1.82) is 0 Å². The molecule has 1 heterocycles. The summed E-state index contributed by atoms with van der Waals surface area (Å²) < 4.78 is 5.26. The predicted octanol–water partition coefficient (Wildman–Crippen LogP) is 4.30. The lowest BCUT2D eigenvalue weighted by Crippen LogP contribution is -2.48. The minimum atomic E-state index is -1.13. The van der Waals surface area contributed by atoms with Crippen LogP contribution in [0.3, 0.4) is 0 Å². The second-order valence-corrected chi connectivity index (χ2v) is 7.59. The SMILES string of the molecule is COc1cccc(CN2CCC[C@@H]2C(O)(c2ccccc2)c2ccccc2)c1O.